The number of carbonyl (C=O) groups is 1. The molecule has 162 valence electrons. The van der Waals surface area contributed by atoms with Crippen LogP contribution >= 0.6 is 11.8 Å². The predicted molar refractivity (Wildman–Crippen MR) is 130 cm³/mol. The van der Waals surface area contributed by atoms with Gasteiger partial charge in [-0.3, -0.25) is 14.7 Å². The summed E-state index contributed by atoms with van der Waals surface area (Å²) in [7, 11) is 0. The molecule has 0 atom stereocenters. The Morgan fingerprint density at radius 3 is 2.69 bits per heavy atom. The first-order valence-electron chi connectivity index (χ1n) is 11.2. The summed E-state index contributed by atoms with van der Waals surface area (Å²) in [5, 5.41) is 0.697. The molecule has 1 saturated carbocycles. The third kappa shape index (κ3) is 4.70. The Bertz CT molecular complexity index is 1130. The van der Waals surface area contributed by atoms with Crippen molar-refractivity contribution in [3.05, 3.63) is 89.4 Å². The van der Waals surface area contributed by atoms with Gasteiger partial charge >= 0.3 is 0 Å². The monoisotopic (exact) mass is 442 g/mol. The molecule has 2 aromatic heterocycles. The maximum absolute atomic E-state index is 13.4. The molecular formula is C26H26N4OS. The van der Waals surface area contributed by atoms with E-state index >= 15 is 0 Å². The number of rotatable bonds is 5. The van der Waals surface area contributed by atoms with E-state index in [-0.39, 0.29) is 5.91 Å². The van der Waals surface area contributed by atoms with E-state index in [4.69, 9.17) is 4.99 Å². The molecule has 0 N–H and O–H groups in total. The van der Waals surface area contributed by atoms with Crippen LogP contribution in [0.4, 0.5) is 5.69 Å². The standard InChI is InChI=1S/C26H26N4OS/c31-25-24(16-20-13-15-29(18-20)23-11-5-2-6-12-23)32-26(28-22-9-3-1-4-10-22)30(25)19-21-8-7-14-27-17-21/h1,3-4,7-10,13-18,23H,2,5-6,11-12,19H2/b24-16+,28-26?. The quantitative estimate of drug-likeness (QED) is 0.443. The highest BCUT2D eigenvalue weighted by molar-refractivity contribution is 8.18. The summed E-state index contributed by atoms with van der Waals surface area (Å²) in [6.07, 6.45) is 16.3. The number of amides is 1. The van der Waals surface area contributed by atoms with Crippen molar-refractivity contribution in [2.45, 2.75) is 44.7 Å². The number of nitrogens with zero attached hydrogens (tertiary/aromatic N) is 4. The summed E-state index contributed by atoms with van der Waals surface area (Å²) >= 11 is 1.44. The van der Waals surface area contributed by atoms with E-state index in [2.05, 4.69) is 28.0 Å². The molecule has 1 saturated heterocycles. The molecule has 0 bridgehead atoms. The number of pyridine rings is 1. The Labute approximate surface area is 192 Å². The molecule has 5 rings (SSSR count). The van der Waals surface area contributed by atoms with Gasteiger partial charge in [-0.25, -0.2) is 4.99 Å². The summed E-state index contributed by atoms with van der Waals surface area (Å²) in [5.41, 5.74) is 2.88. The lowest BCUT2D eigenvalue weighted by Crippen LogP contribution is -2.28. The molecule has 1 aliphatic carbocycles. The minimum atomic E-state index is -0.0149. The molecule has 0 spiro atoms. The fraction of sp³-hybridized carbons (Fsp3) is 0.269. The lowest BCUT2D eigenvalue weighted by atomic mass is 9.95. The van der Waals surface area contributed by atoms with E-state index in [1.165, 1.54) is 43.9 Å². The number of aliphatic imine (C=N–C) groups is 1. The van der Waals surface area contributed by atoms with Crippen LogP contribution in [0.3, 0.4) is 0 Å². The second-order valence-corrected chi connectivity index (χ2v) is 9.29. The van der Waals surface area contributed by atoms with Crippen LogP contribution in [-0.4, -0.2) is 25.5 Å². The number of hydrogen-bond donors (Lipinski definition) is 0. The Kier molecular flexibility index (Phi) is 6.21. The van der Waals surface area contributed by atoms with Gasteiger partial charge in [-0.15, -0.1) is 0 Å². The zero-order chi connectivity index (χ0) is 21.8. The molecule has 3 aromatic rings. The first-order chi connectivity index (χ1) is 15.8. The van der Waals surface area contributed by atoms with Gasteiger partial charge in [0.25, 0.3) is 5.91 Å². The number of benzene rings is 1. The van der Waals surface area contributed by atoms with Crippen molar-refractivity contribution in [3.8, 4) is 0 Å². The lowest BCUT2D eigenvalue weighted by Gasteiger charge is -2.23. The number of hydrogen-bond acceptors (Lipinski definition) is 4. The van der Waals surface area contributed by atoms with Crippen molar-refractivity contribution >= 4 is 34.6 Å². The normalized spacial score (nSPS) is 19.9. The number of thioether (sulfide) groups is 1. The Balaban J connectivity index is 1.42. The van der Waals surface area contributed by atoms with E-state index in [9.17, 15) is 4.79 Å². The number of para-hydroxylation sites is 1. The molecule has 5 nitrogen and oxygen atoms in total. The smallest absolute Gasteiger partial charge is 0.267 e. The summed E-state index contributed by atoms with van der Waals surface area (Å²) in [4.78, 5) is 24.8. The topological polar surface area (TPSA) is 50.5 Å². The second-order valence-electron chi connectivity index (χ2n) is 8.28. The average molecular weight is 443 g/mol. The average Bonchev–Trinajstić information content (AvgIpc) is 3.42. The van der Waals surface area contributed by atoms with Gasteiger partial charge in [0.05, 0.1) is 17.1 Å². The fourth-order valence-electron chi connectivity index (χ4n) is 4.29. The number of carbonyl (C=O) groups excluding carboxylic acids is 1. The summed E-state index contributed by atoms with van der Waals surface area (Å²) < 4.78 is 2.32. The Morgan fingerprint density at radius 2 is 1.91 bits per heavy atom. The summed E-state index contributed by atoms with van der Waals surface area (Å²) in [6, 6.07) is 16.3. The van der Waals surface area contributed by atoms with Crippen molar-refractivity contribution in [1.82, 2.24) is 14.5 Å². The minimum absolute atomic E-state index is 0.0149. The molecule has 0 radical (unpaired) electrons. The van der Waals surface area contributed by atoms with Crippen molar-refractivity contribution < 1.29 is 4.79 Å². The predicted octanol–water partition coefficient (Wildman–Crippen LogP) is 6.19. The fourth-order valence-corrected chi connectivity index (χ4v) is 5.29. The van der Waals surface area contributed by atoms with Crippen LogP contribution < -0.4 is 0 Å². The Morgan fingerprint density at radius 1 is 1.06 bits per heavy atom. The molecule has 32 heavy (non-hydrogen) atoms. The van der Waals surface area contributed by atoms with Crippen molar-refractivity contribution in [2.24, 2.45) is 4.99 Å². The van der Waals surface area contributed by atoms with Crippen LogP contribution in [0.2, 0.25) is 0 Å². The molecule has 2 fully saturated rings. The van der Waals surface area contributed by atoms with Gasteiger partial charge in [-0.05, 0) is 66.1 Å². The third-order valence-corrected chi connectivity index (χ3v) is 6.97. The van der Waals surface area contributed by atoms with Crippen LogP contribution in [0.1, 0.15) is 49.3 Å². The first-order valence-corrected chi connectivity index (χ1v) is 12.0. The maximum Gasteiger partial charge on any atom is 0.267 e. The van der Waals surface area contributed by atoms with Gasteiger partial charge < -0.3 is 4.57 Å². The first kappa shape index (κ1) is 20.8. The molecule has 0 unspecified atom stereocenters. The van der Waals surface area contributed by atoms with E-state index in [0.29, 0.717) is 22.7 Å². The molecule has 1 amide bonds. The van der Waals surface area contributed by atoms with E-state index in [1.54, 1.807) is 17.3 Å². The van der Waals surface area contributed by atoms with Gasteiger partial charge in [0.2, 0.25) is 0 Å². The highest BCUT2D eigenvalue weighted by Gasteiger charge is 2.33. The minimum Gasteiger partial charge on any atom is -0.351 e. The zero-order valence-corrected chi connectivity index (χ0v) is 18.7. The van der Waals surface area contributed by atoms with E-state index in [1.807, 2.05) is 48.5 Å². The highest BCUT2D eigenvalue weighted by Crippen LogP contribution is 2.36. The molecule has 1 aliphatic heterocycles. The van der Waals surface area contributed by atoms with Gasteiger partial charge in [0.1, 0.15) is 0 Å². The summed E-state index contributed by atoms with van der Waals surface area (Å²) in [5.74, 6) is -0.0149. The SMILES string of the molecule is O=C1/C(=C\c2ccn(C3CCCCC3)c2)SC(=Nc2ccccc2)N1Cc1cccnc1. The van der Waals surface area contributed by atoms with Crippen LogP contribution in [0.25, 0.3) is 6.08 Å². The molecule has 6 heteroatoms. The lowest BCUT2D eigenvalue weighted by molar-refractivity contribution is -0.122. The van der Waals surface area contributed by atoms with Gasteiger partial charge in [-0.2, -0.15) is 0 Å². The van der Waals surface area contributed by atoms with Gasteiger partial charge in [0, 0.05) is 30.8 Å². The number of aromatic nitrogens is 2. The largest absolute Gasteiger partial charge is 0.351 e. The van der Waals surface area contributed by atoms with Crippen LogP contribution in [0.5, 0.6) is 0 Å². The van der Waals surface area contributed by atoms with Gasteiger partial charge in [0.15, 0.2) is 5.17 Å². The third-order valence-electron chi connectivity index (χ3n) is 5.96. The maximum atomic E-state index is 13.4. The summed E-state index contributed by atoms with van der Waals surface area (Å²) in [6.45, 7) is 0.450. The molecular weight excluding hydrogens is 416 g/mol. The van der Waals surface area contributed by atoms with E-state index < -0.39 is 0 Å². The van der Waals surface area contributed by atoms with Crippen molar-refractivity contribution in [3.63, 3.8) is 0 Å². The van der Waals surface area contributed by atoms with Gasteiger partial charge in [-0.1, -0.05) is 43.5 Å². The van der Waals surface area contributed by atoms with Crippen molar-refractivity contribution in [2.75, 3.05) is 0 Å². The van der Waals surface area contributed by atoms with Crippen molar-refractivity contribution in [1.29, 1.82) is 0 Å². The highest BCUT2D eigenvalue weighted by atomic mass is 32.2. The zero-order valence-electron chi connectivity index (χ0n) is 17.9. The van der Waals surface area contributed by atoms with Crippen LogP contribution in [-0.2, 0) is 11.3 Å². The second kappa shape index (κ2) is 9.57. The molecule has 1 aromatic carbocycles. The molecule has 2 aliphatic rings. The molecule has 3 heterocycles. The van der Waals surface area contributed by atoms with Crippen LogP contribution in [0.15, 0.2) is 83.2 Å². The van der Waals surface area contributed by atoms with E-state index in [0.717, 1.165) is 16.8 Å². The Hall–Kier alpha value is -3.12. The number of amidine groups is 1. The van der Waals surface area contributed by atoms with Crippen LogP contribution in [0, 0.1) is 0 Å².